The third-order valence-corrected chi connectivity index (χ3v) is 5.50. The van der Waals surface area contributed by atoms with Gasteiger partial charge in [0, 0.05) is 18.7 Å². The van der Waals surface area contributed by atoms with Gasteiger partial charge in [-0.25, -0.2) is 0 Å². The first-order valence-electron chi connectivity index (χ1n) is 8.25. The molecule has 0 unspecified atom stereocenters. The van der Waals surface area contributed by atoms with Crippen LogP contribution in [0.2, 0.25) is 5.02 Å². The van der Waals surface area contributed by atoms with Gasteiger partial charge in [-0.05, 0) is 18.9 Å². The minimum absolute atomic E-state index is 0.0700. The van der Waals surface area contributed by atoms with Crippen molar-refractivity contribution >= 4 is 23.2 Å². The molecule has 1 saturated heterocycles. The number of ether oxygens (including phenoxy) is 2. The molecular formula is C17H24ClN3O3. The second-order valence-corrected chi connectivity index (χ2v) is 6.95. The number of methoxy groups -OCH3 is 2. The van der Waals surface area contributed by atoms with Gasteiger partial charge in [-0.3, -0.25) is 10.1 Å². The average molecular weight is 354 g/mol. The highest BCUT2D eigenvalue weighted by atomic mass is 35.5. The Morgan fingerprint density at radius 1 is 1.33 bits per heavy atom. The molecule has 0 aromatic heterocycles. The number of nitrogen functional groups attached to an aromatic ring is 1. The SMILES string of the molecule is COc1cc(N)c(Cl)cc1C(=O)N[C@@H]1[C@H](OC)NC12CCCCC2. The topological polar surface area (TPSA) is 85.6 Å². The van der Waals surface area contributed by atoms with Crippen LogP contribution in [-0.2, 0) is 4.74 Å². The van der Waals surface area contributed by atoms with Gasteiger partial charge in [0.2, 0.25) is 0 Å². The number of carbonyl (C=O) groups excluding carboxylic acids is 1. The summed E-state index contributed by atoms with van der Waals surface area (Å²) in [5.41, 5.74) is 6.48. The lowest BCUT2D eigenvalue weighted by atomic mass is 9.70. The zero-order chi connectivity index (χ0) is 17.3. The quantitative estimate of drug-likeness (QED) is 0.723. The van der Waals surface area contributed by atoms with E-state index in [0.717, 1.165) is 25.7 Å². The van der Waals surface area contributed by atoms with E-state index in [-0.39, 0.29) is 23.7 Å². The van der Waals surface area contributed by atoms with Crippen molar-refractivity contribution in [2.45, 2.75) is 49.9 Å². The maximum atomic E-state index is 12.8. The molecule has 1 aliphatic carbocycles. The number of hydrogen-bond acceptors (Lipinski definition) is 5. The highest BCUT2D eigenvalue weighted by Gasteiger charge is 2.54. The molecule has 4 N–H and O–H groups in total. The summed E-state index contributed by atoms with van der Waals surface area (Å²) in [6.45, 7) is 0. The Kier molecular flexibility index (Phi) is 4.90. The summed E-state index contributed by atoms with van der Waals surface area (Å²) in [7, 11) is 3.15. The second kappa shape index (κ2) is 6.78. The monoisotopic (exact) mass is 353 g/mol. The van der Waals surface area contributed by atoms with Crippen LogP contribution in [0.1, 0.15) is 42.5 Å². The van der Waals surface area contributed by atoms with Crippen molar-refractivity contribution in [2.75, 3.05) is 20.0 Å². The number of rotatable bonds is 4. The Labute approximate surface area is 147 Å². The van der Waals surface area contributed by atoms with Crippen LogP contribution in [-0.4, -0.2) is 37.9 Å². The van der Waals surface area contributed by atoms with Gasteiger partial charge >= 0.3 is 0 Å². The number of anilines is 1. The lowest BCUT2D eigenvalue weighted by molar-refractivity contribution is -0.0996. The van der Waals surface area contributed by atoms with Gasteiger partial charge in [0.15, 0.2) is 0 Å². The molecule has 1 aromatic carbocycles. The first-order chi connectivity index (χ1) is 11.5. The van der Waals surface area contributed by atoms with Gasteiger partial charge in [-0.1, -0.05) is 30.9 Å². The molecule has 7 heteroatoms. The Balaban J connectivity index is 1.81. The van der Waals surface area contributed by atoms with Crippen molar-refractivity contribution < 1.29 is 14.3 Å². The number of halogens is 1. The number of nitrogens with two attached hydrogens (primary N) is 1. The standard InChI is InChI=1S/C17H24ClN3O3/c1-23-13-9-12(19)11(18)8-10(13)15(22)20-14-16(24-2)21-17(14)6-4-3-5-7-17/h8-9,14,16,21H,3-7,19H2,1-2H3,(H,20,22)/t14-,16+/m1/s1. The van der Waals surface area contributed by atoms with Crippen LogP contribution in [0.15, 0.2) is 12.1 Å². The molecule has 1 amide bonds. The Morgan fingerprint density at radius 3 is 2.67 bits per heavy atom. The molecule has 3 rings (SSSR count). The molecular weight excluding hydrogens is 330 g/mol. The summed E-state index contributed by atoms with van der Waals surface area (Å²) in [6, 6.07) is 3.05. The molecule has 1 aromatic rings. The third-order valence-electron chi connectivity index (χ3n) is 5.18. The summed E-state index contributed by atoms with van der Waals surface area (Å²) in [5, 5.41) is 6.93. The van der Waals surface area contributed by atoms with Crippen molar-refractivity contribution in [1.29, 1.82) is 0 Å². The molecule has 1 aliphatic heterocycles. The van der Waals surface area contributed by atoms with Crippen LogP contribution in [0.3, 0.4) is 0 Å². The number of carbonyl (C=O) groups is 1. The fourth-order valence-corrected chi connectivity index (χ4v) is 3.99. The smallest absolute Gasteiger partial charge is 0.255 e. The lowest BCUT2D eigenvalue weighted by Crippen LogP contribution is -2.80. The maximum Gasteiger partial charge on any atom is 0.255 e. The van der Waals surface area contributed by atoms with E-state index in [1.54, 1.807) is 19.2 Å². The molecule has 2 atom stereocenters. The van der Waals surface area contributed by atoms with Crippen molar-refractivity contribution in [3.8, 4) is 5.75 Å². The zero-order valence-corrected chi connectivity index (χ0v) is 14.8. The van der Waals surface area contributed by atoms with Gasteiger partial charge in [0.05, 0.1) is 29.4 Å². The summed E-state index contributed by atoms with van der Waals surface area (Å²) < 4.78 is 10.7. The first kappa shape index (κ1) is 17.3. The van der Waals surface area contributed by atoms with E-state index < -0.39 is 0 Å². The average Bonchev–Trinajstić information content (AvgIpc) is 2.60. The van der Waals surface area contributed by atoms with Crippen LogP contribution in [0.4, 0.5) is 5.69 Å². The number of nitrogens with one attached hydrogen (secondary N) is 2. The predicted molar refractivity (Wildman–Crippen MR) is 93.4 cm³/mol. The highest BCUT2D eigenvalue weighted by molar-refractivity contribution is 6.33. The van der Waals surface area contributed by atoms with E-state index in [1.807, 2.05) is 0 Å². The lowest BCUT2D eigenvalue weighted by Gasteiger charge is -2.57. The maximum absolute atomic E-state index is 12.8. The van der Waals surface area contributed by atoms with Crippen LogP contribution in [0, 0.1) is 0 Å². The minimum Gasteiger partial charge on any atom is -0.496 e. The van der Waals surface area contributed by atoms with Gasteiger partial charge in [-0.15, -0.1) is 0 Å². The minimum atomic E-state index is -0.229. The van der Waals surface area contributed by atoms with Crippen molar-refractivity contribution in [2.24, 2.45) is 0 Å². The molecule has 2 aliphatic rings. The Bertz CT molecular complexity index is 632. The molecule has 1 saturated carbocycles. The first-order valence-corrected chi connectivity index (χ1v) is 8.63. The molecule has 2 fully saturated rings. The number of amides is 1. The normalized spacial score (nSPS) is 25.1. The second-order valence-electron chi connectivity index (χ2n) is 6.54. The van der Waals surface area contributed by atoms with Crippen LogP contribution < -0.4 is 21.1 Å². The molecule has 0 radical (unpaired) electrons. The van der Waals surface area contributed by atoms with Gasteiger partial charge in [0.1, 0.15) is 12.0 Å². The zero-order valence-electron chi connectivity index (χ0n) is 14.0. The Hall–Kier alpha value is -1.50. The molecule has 0 bridgehead atoms. The fourth-order valence-electron chi connectivity index (χ4n) is 3.83. The van der Waals surface area contributed by atoms with E-state index in [9.17, 15) is 4.79 Å². The van der Waals surface area contributed by atoms with E-state index in [1.165, 1.54) is 13.5 Å². The number of benzene rings is 1. The van der Waals surface area contributed by atoms with E-state index in [2.05, 4.69) is 10.6 Å². The Morgan fingerprint density at radius 2 is 2.04 bits per heavy atom. The summed E-state index contributed by atoms with van der Waals surface area (Å²) in [6.07, 6.45) is 5.46. The van der Waals surface area contributed by atoms with Crippen molar-refractivity contribution in [1.82, 2.24) is 10.6 Å². The van der Waals surface area contributed by atoms with Crippen molar-refractivity contribution in [3.63, 3.8) is 0 Å². The third kappa shape index (κ3) is 2.94. The van der Waals surface area contributed by atoms with Crippen LogP contribution in [0.5, 0.6) is 5.75 Å². The van der Waals surface area contributed by atoms with Crippen LogP contribution in [0.25, 0.3) is 0 Å². The van der Waals surface area contributed by atoms with Crippen LogP contribution >= 0.6 is 11.6 Å². The summed E-state index contributed by atoms with van der Waals surface area (Å²) in [5.74, 6) is 0.181. The van der Waals surface area contributed by atoms with Gasteiger partial charge < -0.3 is 20.5 Å². The predicted octanol–water partition coefficient (Wildman–Crippen LogP) is 2.31. The fraction of sp³-hybridized carbons (Fsp3) is 0.588. The van der Waals surface area contributed by atoms with Gasteiger partial charge in [-0.2, -0.15) is 0 Å². The van der Waals surface area contributed by atoms with Gasteiger partial charge in [0.25, 0.3) is 5.91 Å². The largest absolute Gasteiger partial charge is 0.496 e. The molecule has 6 nitrogen and oxygen atoms in total. The summed E-state index contributed by atoms with van der Waals surface area (Å²) in [4.78, 5) is 12.8. The molecule has 1 spiro atoms. The molecule has 1 heterocycles. The number of hydrogen-bond donors (Lipinski definition) is 3. The summed E-state index contributed by atoms with van der Waals surface area (Å²) >= 11 is 6.07. The van der Waals surface area contributed by atoms with E-state index in [0.29, 0.717) is 22.0 Å². The molecule has 24 heavy (non-hydrogen) atoms. The molecule has 132 valence electrons. The van der Waals surface area contributed by atoms with E-state index in [4.69, 9.17) is 26.8 Å². The highest BCUT2D eigenvalue weighted by Crippen LogP contribution is 2.39. The van der Waals surface area contributed by atoms with E-state index >= 15 is 0 Å². The van der Waals surface area contributed by atoms with Crippen molar-refractivity contribution in [3.05, 3.63) is 22.7 Å².